The summed E-state index contributed by atoms with van der Waals surface area (Å²) in [4.78, 5) is 12.2. The highest BCUT2D eigenvalue weighted by Gasteiger charge is 2.23. The standard InChI is InChI=1S/C20H26O3/c1-3-5-15-22-18-11-13-19(14-12-18)23-20(21)17-9-7-16(6-4-2)8-10-17/h11-14,16-17H,3-7,9,15H2,1-2H3. The van der Waals surface area contributed by atoms with Gasteiger partial charge in [0.15, 0.2) is 0 Å². The van der Waals surface area contributed by atoms with Gasteiger partial charge in [-0.3, -0.25) is 4.79 Å². The van der Waals surface area contributed by atoms with Crippen molar-refractivity contribution in [1.29, 1.82) is 0 Å². The molecule has 124 valence electrons. The van der Waals surface area contributed by atoms with Crippen LogP contribution in [0.4, 0.5) is 0 Å². The first-order chi connectivity index (χ1) is 11.2. The van der Waals surface area contributed by atoms with Gasteiger partial charge < -0.3 is 9.47 Å². The number of unbranched alkanes of at least 4 members (excludes halogenated alkanes) is 1. The number of carbonyl (C=O) groups is 1. The molecule has 0 fully saturated rings. The Morgan fingerprint density at radius 2 is 1.83 bits per heavy atom. The Kier molecular flexibility index (Phi) is 7.00. The van der Waals surface area contributed by atoms with Gasteiger partial charge in [-0.05, 0) is 49.9 Å². The summed E-state index contributed by atoms with van der Waals surface area (Å²) in [6.07, 6.45) is 6.20. The number of carbonyl (C=O) groups excluding carboxylic acids is 1. The van der Waals surface area contributed by atoms with Crippen molar-refractivity contribution in [2.45, 2.75) is 52.4 Å². The van der Waals surface area contributed by atoms with Crippen LogP contribution in [0.5, 0.6) is 11.5 Å². The van der Waals surface area contributed by atoms with Crippen molar-refractivity contribution >= 4 is 5.97 Å². The molecule has 2 atom stereocenters. The van der Waals surface area contributed by atoms with Crippen molar-refractivity contribution < 1.29 is 14.3 Å². The summed E-state index contributed by atoms with van der Waals surface area (Å²) in [6, 6.07) is 7.22. The zero-order chi connectivity index (χ0) is 16.5. The fourth-order valence-corrected chi connectivity index (χ4v) is 2.60. The average Bonchev–Trinajstić information content (AvgIpc) is 2.57. The molecule has 0 aromatic heterocycles. The van der Waals surface area contributed by atoms with Crippen molar-refractivity contribution in [2.24, 2.45) is 11.8 Å². The van der Waals surface area contributed by atoms with Gasteiger partial charge in [0.2, 0.25) is 0 Å². The molecule has 1 aromatic rings. The molecule has 1 aliphatic rings. The van der Waals surface area contributed by atoms with E-state index in [0.717, 1.165) is 44.3 Å². The minimum Gasteiger partial charge on any atom is -0.494 e. The van der Waals surface area contributed by atoms with Crippen LogP contribution in [0.3, 0.4) is 0 Å². The second-order valence-corrected chi connectivity index (χ2v) is 6.00. The van der Waals surface area contributed by atoms with Gasteiger partial charge >= 0.3 is 5.97 Å². The molecule has 3 heteroatoms. The van der Waals surface area contributed by atoms with Gasteiger partial charge in [0.05, 0.1) is 6.61 Å². The highest BCUT2D eigenvalue weighted by Crippen LogP contribution is 2.24. The van der Waals surface area contributed by atoms with Crippen molar-refractivity contribution in [3.8, 4) is 23.3 Å². The summed E-state index contributed by atoms with van der Waals surface area (Å²) < 4.78 is 11.0. The number of hydrogen-bond donors (Lipinski definition) is 0. The Morgan fingerprint density at radius 1 is 1.09 bits per heavy atom. The minimum atomic E-state index is -0.288. The normalized spacial score (nSPS) is 19.6. The molecule has 23 heavy (non-hydrogen) atoms. The highest BCUT2D eigenvalue weighted by atomic mass is 16.5. The Balaban J connectivity index is 1.84. The molecule has 0 saturated heterocycles. The summed E-state index contributed by atoms with van der Waals surface area (Å²) in [7, 11) is 0. The van der Waals surface area contributed by atoms with E-state index in [1.54, 1.807) is 12.1 Å². The highest BCUT2D eigenvalue weighted by molar-refractivity contribution is 5.78. The van der Waals surface area contributed by atoms with Gasteiger partial charge in [0.25, 0.3) is 0 Å². The van der Waals surface area contributed by atoms with Crippen LogP contribution < -0.4 is 9.47 Å². The predicted octanol–water partition coefficient (Wildman–Crippen LogP) is 4.60. The summed E-state index contributed by atoms with van der Waals surface area (Å²) in [5.74, 6) is 7.55. The van der Waals surface area contributed by atoms with E-state index in [1.807, 2.05) is 12.1 Å². The minimum absolute atomic E-state index is 0.243. The summed E-state index contributed by atoms with van der Waals surface area (Å²) in [5, 5.41) is 0. The molecule has 2 unspecified atom stereocenters. The maximum absolute atomic E-state index is 12.2. The third kappa shape index (κ3) is 5.63. The van der Waals surface area contributed by atoms with Crippen LogP contribution in [0.25, 0.3) is 0 Å². The van der Waals surface area contributed by atoms with Gasteiger partial charge in [0, 0.05) is 5.92 Å². The molecule has 0 radical (unpaired) electrons. The molecule has 0 amide bonds. The van der Waals surface area contributed by atoms with Gasteiger partial charge in [-0.15, -0.1) is 0 Å². The summed E-state index contributed by atoms with van der Waals surface area (Å²) >= 11 is 0. The molecule has 0 heterocycles. The Hall–Kier alpha value is -1.95. The van der Waals surface area contributed by atoms with Gasteiger partial charge in [-0.25, -0.2) is 0 Å². The largest absolute Gasteiger partial charge is 0.494 e. The quantitative estimate of drug-likeness (QED) is 0.304. The molecule has 0 N–H and O–H groups in total. The molecule has 3 nitrogen and oxygen atoms in total. The van der Waals surface area contributed by atoms with E-state index in [-0.39, 0.29) is 11.9 Å². The van der Waals surface area contributed by atoms with Crippen LogP contribution in [-0.2, 0) is 4.79 Å². The van der Waals surface area contributed by atoms with E-state index in [0.29, 0.717) is 18.3 Å². The Labute approximate surface area is 139 Å². The zero-order valence-electron chi connectivity index (χ0n) is 14.1. The van der Waals surface area contributed by atoms with Gasteiger partial charge in [0.1, 0.15) is 17.4 Å². The van der Waals surface area contributed by atoms with E-state index >= 15 is 0 Å². The first-order valence-corrected chi connectivity index (χ1v) is 8.68. The lowest BCUT2D eigenvalue weighted by Gasteiger charge is -2.18. The molecular formula is C20H26O3. The monoisotopic (exact) mass is 314 g/mol. The summed E-state index contributed by atoms with van der Waals surface area (Å²) in [6.45, 7) is 5.01. The second-order valence-electron chi connectivity index (χ2n) is 6.00. The first kappa shape index (κ1) is 17.4. The fourth-order valence-electron chi connectivity index (χ4n) is 2.60. The van der Waals surface area contributed by atoms with Crippen LogP contribution in [0.1, 0.15) is 52.4 Å². The molecular weight excluding hydrogens is 288 g/mol. The maximum Gasteiger partial charge on any atom is 0.326 e. The SMILES string of the molecule is CCCCOc1ccc(OC(=O)C2C#CC(CCC)CC2)cc1. The predicted molar refractivity (Wildman–Crippen MR) is 91.4 cm³/mol. The maximum atomic E-state index is 12.2. The number of hydrogen-bond acceptors (Lipinski definition) is 3. The average molecular weight is 314 g/mol. The van der Waals surface area contributed by atoms with Crippen LogP contribution in [0.15, 0.2) is 24.3 Å². The number of ether oxygens (including phenoxy) is 2. The van der Waals surface area contributed by atoms with Crippen molar-refractivity contribution in [2.75, 3.05) is 6.61 Å². The van der Waals surface area contributed by atoms with E-state index < -0.39 is 0 Å². The van der Waals surface area contributed by atoms with E-state index in [9.17, 15) is 4.79 Å². The van der Waals surface area contributed by atoms with Crippen LogP contribution >= 0.6 is 0 Å². The molecule has 1 aliphatic carbocycles. The Morgan fingerprint density at radius 3 is 2.43 bits per heavy atom. The van der Waals surface area contributed by atoms with Gasteiger partial charge in [-0.1, -0.05) is 38.5 Å². The molecule has 0 bridgehead atoms. The van der Waals surface area contributed by atoms with Crippen molar-refractivity contribution in [3.05, 3.63) is 24.3 Å². The third-order valence-corrected chi connectivity index (χ3v) is 4.00. The van der Waals surface area contributed by atoms with Crippen molar-refractivity contribution in [1.82, 2.24) is 0 Å². The topological polar surface area (TPSA) is 35.5 Å². The number of rotatable bonds is 8. The van der Waals surface area contributed by atoms with Crippen LogP contribution in [-0.4, -0.2) is 12.6 Å². The zero-order valence-corrected chi connectivity index (χ0v) is 14.1. The molecule has 0 aliphatic heterocycles. The van der Waals surface area contributed by atoms with Gasteiger partial charge in [-0.2, -0.15) is 0 Å². The first-order valence-electron chi connectivity index (χ1n) is 8.68. The Bertz CT molecular complexity index is 550. The lowest BCUT2D eigenvalue weighted by atomic mass is 9.88. The summed E-state index contributed by atoms with van der Waals surface area (Å²) in [5.41, 5.74) is 0. The van der Waals surface area contributed by atoms with Crippen molar-refractivity contribution in [3.63, 3.8) is 0 Å². The molecule has 1 aromatic carbocycles. The van der Waals surface area contributed by atoms with E-state index in [1.165, 1.54) is 0 Å². The molecule has 0 spiro atoms. The smallest absolute Gasteiger partial charge is 0.326 e. The second kappa shape index (κ2) is 9.25. The number of esters is 1. The van der Waals surface area contributed by atoms with E-state index in [4.69, 9.17) is 9.47 Å². The van der Waals surface area contributed by atoms with Crippen LogP contribution in [0, 0.1) is 23.7 Å². The molecule has 2 rings (SSSR count). The number of benzene rings is 1. The fraction of sp³-hybridized carbons (Fsp3) is 0.550. The van der Waals surface area contributed by atoms with E-state index in [2.05, 4.69) is 25.7 Å². The molecule has 0 saturated carbocycles. The van der Waals surface area contributed by atoms with Crippen LogP contribution in [0.2, 0.25) is 0 Å². The third-order valence-electron chi connectivity index (χ3n) is 4.00. The lowest BCUT2D eigenvalue weighted by molar-refractivity contribution is -0.137. The lowest BCUT2D eigenvalue weighted by Crippen LogP contribution is -2.22.